The molecule has 5 heteroatoms. The highest BCUT2D eigenvalue weighted by atomic mass is 35.6. The van der Waals surface area contributed by atoms with Gasteiger partial charge in [-0.05, 0) is 30.2 Å². The maximum Gasteiger partial charge on any atom is 0.216 e. The summed E-state index contributed by atoms with van der Waals surface area (Å²) in [5.74, 6) is 0.522. The standard InChI is InChI=1S/C15H13Cl3O2/c1-10-11(5-4-6-12(10)15(16,17)18)9-20-14-8-3-2-7-13(14)19/h2-8,19H,9H2,1H3. The largest absolute Gasteiger partial charge is 0.504 e. The summed E-state index contributed by atoms with van der Waals surface area (Å²) < 4.78 is 4.13. The van der Waals surface area contributed by atoms with E-state index in [0.29, 0.717) is 11.3 Å². The van der Waals surface area contributed by atoms with E-state index in [0.717, 1.165) is 11.1 Å². The van der Waals surface area contributed by atoms with E-state index in [-0.39, 0.29) is 12.4 Å². The number of benzene rings is 2. The molecule has 0 aliphatic heterocycles. The lowest BCUT2D eigenvalue weighted by Gasteiger charge is -2.17. The van der Waals surface area contributed by atoms with Gasteiger partial charge in [-0.15, -0.1) is 0 Å². The molecule has 20 heavy (non-hydrogen) atoms. The van der Waals surface area contributed by atoms with Crippen LogP contribution in [0.15, 0.2) is 42.5 Å². The van der Waals surface area contributed by atoms with Gasteiger partial charge in [0.25, 0.3) is 0 Å². The summed E-state index contributed by atoms with van der Waals surface area (Å²) in [6.07, 6.45) is 0. The molecule has 0 heterocycles. The number of hydrogen-bond donors (Lipinski definition) is 1. The highest BCUT2D eigenvalue weighted by Crippen LogP contribution is 2.40. The maximum atomic E-state index is 9.65. The van der Waals surface area contributed by atoms with Crippen molar-refractivity contribution in [3.8, 4) is 11.5 Å². The van der Waals surface area contributed by atoms with Crippen molar-refractivity contribution in [2.24, 2.45) is 0 Å². The Morgan fingerprint density at radius 1 is 1.05 bits per heavy atom. The van der Waals surface area contributed by atoms with Crippen LogP contribution in [0.3, 0.4) is 0 Å². The molecule has 0 aliphatic carbocycles. The number of phenols is 1. The van der Waals surface area contributed by atoms with Gasteiger partial charge in [-0.3, -0.25) is 0 Å². The van der Waals surface area contributed by atoms with Crippen LogP contribution in [0, 0.1) is 6.92 Å². The van der Waals surface area contributed by atoms with E-state index in [1.807, 2.05) is 19.1 Å². The van der Waals surface area contributed by atoms with Crippen LogP contribution >= 0.6 is 34.8 Å². The van der Waals surface area contributed by atoms with Crippen LogP contribution in [0.2, 0.25) is 0 Å². The Bertz CT molecular complexity index is 606. The van der Waals surface area contributed by atoms with E-state index < -0.39 is 3.79 Å². The fraction of sp³-hybridized carbons (Fsp3) is 0.200. The van der Waals surface area contributed by atoms with Gasteiger partial charge in [-0.2, -0.15) is 0 Å². The summed E-state index contributed by atoms with van der Waals surface area (Å²) in [6.45, 7) is 2.17. The van der Waals surface area contributed by atoms with Crippen molar-refractivity contribution >= 4 is 34.8 Å². The van der Waals surface area contributed by atoms with Gasteiger partial charge in [0.2, 0.25) is 3.79 Å². The molecule has 0 bridgehead atoms. The zero-order valence-electron chi connectivity index (χ0n) is 10.7. The zero-order chi connectivity index (χ0) is 14.8. The first-order valence-corrected chi connectivity index (χ1v) is 7.09. The van der Waals surface area contributed by atoms with Crippen LogP contribution in [0.25, 0.3) is 0 Å². The Morgan fingerprint density at radius 3 is 2.40 bits per heavy atom. The minimum atomic E-state index is -1.46. The van der Waals surface area contributed by atoms with Gasteiger partial charge in [0, 0.05) is 5.56 Å². The third-order valence-electron chi connectivity index (χ3n) is 3.00. The lowest BCUT2D eigenvalue weighted by atomic mass is 10.0. The topological polar surface area (TPSA) is 29.5 Å². The first kappa shape index (κ1) is 15.3. The molecule has 0 radical (unpaired) electrons. The molecule has 0 saturated heterocycles. The van der Waals surface area contributed by atoms with E-state index in [1.54, 1.807) is 30.3 Å². The molecule has 2 rings (SSSR count). The molecular weight excluding hydrogens is 319 g/mol. The van der Waals surface area contributed by atoms with Crippen LogP contribution in [0.4, 0.5) is 0 Å². The van der Waals surface area contributed by atoms with Gasteiger partial charge < -0.3 is 9.84 Å². The molecule has 0 atom stereocenters. The Balaban J connectivity index is 2.21. The molecule has 2 aromatic carbocycles. The average molecular weight is 332 g/mol. The van der Waals surface area contributed by atoms with Crippen molar-refractivity contribution in [3.63, 3.8) is 0 Å². The number of aromatic hydroxyl groups is 1. The number of rotatable bonds is 3. The lowest BCUT2D eigenvalue weighted by molar-refractivity contribution is 0.288. The molecule has 106 valence electrons. The minimum absolute atomic E-state index is 0.0997. The fourth-order valence-corrected chi connectivity index (χ4v) is 2.50. The first-order chi connectivity index (χ1) is 9.39. The van der Waals surface area contributed by atoms with E-state index in [9.17, 15) is 5.11 Å². The van der Waals surface area contributed by atoms with Crippen LogP contribution < -0.4 is 4.74 Å². The summed E-state index contributed by atoms with van der Waals surface area (Å²) in [7, 11) is 0. The van der Waals surface area contributed by atoms with Gasteiger partial charge in [-0.1, -0.05) is 65.1 Å². The molecule has 0 spiro atoms. The Labute approximate surface area is 132 Å². The quantitative estimate of drug-likeness (QED) is 0.792. The number of phenolic OH excluding ortho intramolecular Hbond substituents is 1. The third kappa shape index (κ3) is 3.51. The predicted molar refractivity (Wildman–Crippen MR) is 82.9 cm³/mol. The van der Waals surface area contributed by atoms with Crippen molar-refractivity contribution < 1.29 is 9.84 Å². The van der Waals surface area contributed by atoms with Crippen molar-refractivity contribution in [2.45, 2.75) is 17.3 Å². The summed E-state index contributed by atoms with van der Waals surface area (Å²) in [5.41, 5.74) is 2.39. The Hall–Kier alpha value is -1.09. The summed E-state index contributed by atoms with van der Waals surface area (Å²) in [4.78, 5) is 0. The van der Waals surface area contributed by atoms with E-state index in [4.69, 9.17) is 39.5 Å². The molecule has 2 nitrogen and oxygen atoms in total. The number of halogens is 3. The molecule has 0 amide bonds. The smallest absolute Gasteiger partial charge is 0.216 e. The molecule has 0 saturated carbocycles. The molecule has 0 aliphatic rings. The van der Waals surface area contributed by atoms with E-state index >= 15 is 0 Å². The second kappa shape index (κ2) is 6.13. The van der Waals surface area contributed by atoms with Gasteiger partial charge >= 0.3 is 0 Å². The van der Waals surface area contributed by atoms with Crippen LogP contribution in [0.5, 0.6) is 11.5 Å². The van der Waals surface area contributed by atoms with Crippen molar-refractivity contribution in [1.29, 1.82) is 0 Å². The second-order valence-electron chi connectivity index (χ2n) is 4.34. The molecule has 2 aromatic rings. The van der Waals surface area contributed by atoms with Crippen LogP contribution in [0.1, 0.15) is 16.7 Å². The molecule has 0 aromatic heterocycles. The molecule has 0 unspecified atom stereocenters. The predicted octanol–water partition coefficient (Wildman–Crippen LogP) is 5.11. The summed E-state index contributed by atoms with van der Waals surface area (Å²) >= 11 is 17.8. The highest BCUT2D eigenvalue weighted by molar-refractivity contribution is 6.66. The molecular formula is C15H13Cl3O2. The molecule has 0 fully saturated rings. The summed E-state index contributed by atoms with van der Waals surface area (Å²) in [5, 5.41) is 9.65. The Morgan fingerprint density at radius 2 is 1.75 bits per heavy atom. The van der Waals surface area contributed by atoms with Gasteiger partial charge in [0.15, 0.2) is 11.5 Å². The maximum absolute atomic E-state index is 9.65. The highest BCUT2D eigenvalue weighted by Gasteiger charge is 2.25. The number of para-hydroxylation sites is 2. The third-order valence-corrected chi connectivity index (χ3v) is 3.61. The number of hydrogen-bond acceptors (Lipinski definition) is 2. The van der Waals surface area contributed by atoms with Crippen LogP contribution in [-0.4, -0.2) is 5.11 Å². The fourth-order valence-electron chi connectivity index (χ4n) is 1.88. The monoisotopic (exact) mass is 330 g/mol. The number of ether oxygens (including phenoxy) is 1. The normalized spacial score (nSPS) is 11.4. The molecule has 1 N–H and O–H groups in total. The van der Waals surface area contributed by atoms with E-state index in [2.05, 4.69) is 0 Å². The van der Waals surface area contributed by atoms with Crippen LogP contribution in [-0.2, 0) is 10.4 Å². The van der Waals surface area contributed by atoms with Crippen molar-refractivity contribution in [2.75, 3.05) is 0 Å². The average Bonchev–Trinajstić information content (AvgIpc) is 2.38. The zero-order valence-corrected chi connectivity index (χ0v) is 13.0. The van der Waals surface area contributed by atoms with Crippen molar-refractivity contribution in [3.05, 3.63) is 59.2 Å². The minimum Gasteiger partial charge on any atom is -0.504 e. The second-order valence-corrected chi connectivity index (χ2v) is 6.63. The lowest BCUT2D eigenvalue weighted by Crippen LogP contribution is -2.07. The summed E-state index contributed by atoms with van der Waals surface area (Å²) in [6, 6.07) is 12.3. The number of alkyl halides is 3. The van der Waals surface area contributed by atoms with Gasteiger partial charge in [0.1, 0.15) is 6.61 Å². The van der Waals surface area contributed by atoms with Crippen molar-refractivity contribution in [1.82, 2.24) is 0 Å². The van der Waals surface area contributed by atoms with Gasteiger partial charge in [0.05, 0.1) is 0 Å². The van der Waals surface area contributed by atoms with E-state index in [1.165, 1.54) is 0 Å². The van der Waals surface area contributed by atoms with Gasteiger partial charge in [-0.25, -0.2) is 0 Å². The SMILES string of the molecule is Cc1c(COc2ccccc2O)cccc1C(Cl)(Cl)Cl. The first-order valence-electron chi connectivity index (χ1n) is 5.96. The Kier molecular flexibility index (Phi) is 4.69.